The van der Waals surface area contributed by atoms with Crippen LogP contribution in [0.4, 0.5) is 0 Å². The van der Waals surface area contributed by atoms with Gasteiger partial charge in [-0.1, -0.05) is 66.7 Å². The minimum Gasteiger partial charge on any atom is -0.422 e. The Hall–Kier alpha value is -3.29. The Labute approximate surface area is 219 Å². The topological polar surface area (TPSA) is 135 Å². The molecule has 2 unspecified atom stereocenters. The zero-order chi connectivity index (χ0) is 26.0. The third-order valence-corrected chi connectivity index (χ3v) is 10.0. The molecule has 5 rings (SSSR count). The van der Waals surface area contributed by atoms with Gasteiger partial charge in [0.25, 0.3) is 0 Å². The number of benzene rings is 3. The summed E-state index contributed by atoms with van der Waals surface area (Å²) in [6, 6.07) is 24.5. The van der Waals surface area contributed by atoms with Crippen LogP contribution in [0, 0.1) is 0 Å². The van der Waals surface area contributed by atoms with Gasteiger partial charge in [0.2, 0.25) is 23.0 Å². The number of fused-ring (bicyclic) bond motifs is 1. The molecule has 0 spiro atoms. The second kappa shape index (κ2) is 10.2. The number of rotatable bonds is 9. The molecule has 0 amide bonds. The molecule has 0 radical (unpaired) electrons. The molecule has 2 heterocycles. The Balaban J connectivity index is 1.62. The van der Waals surface area contributed by atoms with Crippen LogP contribution in [0.5, 0.6) is 0 Å². The molecule has 9 nitrogen and oxygen atoms in total. The average molecular weight is 555 g/mol. The van der Waals surface area contributed by atoms with Gasteiger partial charge in [-0.05, 0) is 35.7 Å². The first-order valence-corrected chi connectivity index (χ1v) is 14.7. The van der Waals surface area contributed by atoms with Crippen molar-refractivity contribution in [3.63, 3.8) is 0 Å². The van der Waals surface area contributed by atoms with E-state index in [-0.39, 0.29) is 29.1 Å². The summed E-state index contributed by atoms with van der Waals surface area (Å²) in [6.07, 6.45) is 0. The molecular weight excluding hydrogens is 532 g/mol. The average Bonchev–Trinajstić information content (AvgIpc) is 3.55. The number of sulfone groups is 1. The van der Waals surface area contributed by atoms with Crippen LogP contribution in [0.2, 0.25) is 0 Å². The van der Waals surface area contributed by atoms with E-state index in [0.717, 1.165) is 15.8 Å². The van der Waals surface area contributed by atoms with E-state index in [0.29, 0.717) is 11.1 Å². The molecule has 0 aliphatic rings. The summed E-state index contributed by atoms with van der Waals surface area (Å²) in [5.41, 5.74) is 3.28. The standard InChI is InChI=1S/C25H22N4O5S3/c1-25(23-29-28-22(34-23)15-26-36(30)31,37(32,33)16-17-8-4-2-5-9-17)24-27-20-13-12-19(14-21(20)35-24)18-10-6-3-7-11-18/h2-14,26H,15-16H2,1H3,(H,30,31). The van der Waals surface area contributed by atoms with Crippen LogP contribution in [0.3, 0.4) is 0 Å². The molecule has 2 atom stereocenters. The fraction of sp³-hybridized carbons (Fsp3) is 0.160. The van der Waals surface area contributed by atoms with Crippen molar-refractivity contribution in [3.8, 4) is 11.1 Å². The Bertz CT molecular complexity index is 1670. The molecule has 5 aromatic rings. The number of hydrogen-bond acceptors (Lipinski definition) is 8. The van der Waals surface area contributed by atoms with Gasteiger partial charge in [-0.15, -0.1) is 21.5 Å². The fourth-order valence-electron chi connectivity index (χ4n) is 3.88. The zero-order valence-electron chi connectivity index (χ0n) is 19.6. The number of nitrogens with one attached hydrogen (secondary N) is 1. The number of nitrogens with zero attached hydrogens (tertiary/aromatic N) is 3. The normalized spacial score (nSPS) is 14.4. The number of hydrogen-bond donors (Lipinski definition) is 2. The third kappa shape index (κ3) is 5.11. The minimum atomic E-state index is -3.99. The summed E-state index contributed by atoms with van der Waals surface area (Å²) in [4.78, 5) is 4.69. The van der Waals surface area contributed by atoms with Crippen molar-refractivity contribution in [1.82, 2.24) is 19.9 Å². The number of thiazole rings is 1. The van der Waals surface area contributed by atoms with Crippen molar-refractivity contribution in [1.29, 1.82) is 0 Å². The minimum absolute atomic E-state index is 0.0222. The predicted octanol–water partition coefficient (Wildman–Crippen LogP) is 4.45. The van der Waals surface area contributed by atoms with Crippen molar-refractivity contribution in [2.45, 2.75) is 24.0 Å². The maximum Gasteiger partial charge on any atom is 0.244 e. The van der Waals surface area contributed by atoms with Crippen LogP contribution in [-0.4, -0.2) is 32.4 Å². The first-order valence-electron chi connectivity index (χ1n) is 11.2. The van der Waals surface area contributed by atoms with Crippen LogP contribution in [-0.2, 0) is 38.1 Å². The highest BCUT2D eigenvalue weighted by molar-refractivity contribution is 7.91. The molecular formula is C25H22N4O5S3. The Morgan fingerprint density at radius 3 is 2.41 bits per heavy atom. The summed E-state index contributed by atoms with van der Waals surface area (Å²) >= 11 is -1.04. The smallest absolute Gasteiger partial charge is 0.244 e. The molecule has 0 saturated heterocycles. The molecule has 37 heavy (non-hydrogen) atoms. The van der Waals surface area contributed by atoms with E-state index >= 15 is 0 Å². The Kier molecular flexibility index (Phi) is 7.01. The lowest BCUT2D eigenvalue weighted by atomic mass is 10.1. The first kappa shape index (κ1) is 25.4. The lowest BCUT2D eigenvalue weighted by molar-refractivity contribution is 0.410. The lowest BCUT2D eigenvalue weighted by Gasteiger charge is -2.23. The quantitative estimate of drug-likeness (QED) is 0.255. The van der Waals surface area contributed by atoms with Crippen molar-refractivity contribution in [2.24, 2.45) is 0 Å². The predicted molar refractivity (Wildman–Crippen MR) is 142 cm³/mol. The fourth-order valence-corrected chi connectivity index (χ4v) is 7.25. The van der Waals surface area contributed by atoms with Crippen molar-refractivity contribution in [3.05, 3.63) is 101 Å². The van der Waals surface area contributed by atoms with E-state index in [2.05, 4.69) is 14.9 Å². The van der Waals surface area contributed by atoms with Gasteiger partial charge < -0.3 is 4.42 Å². The molecule has 12 heteroatoms. The Morgan fingerprint density at radius 1 is 1.00 bits per heavy atom. The van der Waals surface area contributed by atoms with Crippen LogP contribution in [0.25, 0.3) is 21.3 Å². The molecule has 0 fully saturated rings. The van der Waals surface area contributed by atoms with Crippen LogP contribution in [0.1, 0.15) is 29.3 Å². The van der Waals surface area contributed by atoms with Crippen molar-refractivity contribution >= 4 is 42.7 Å². The summed E-state index contributed by atoms with van der Waals surface area (Å²) in [6.45, 7) is 1.31. The van der Waals surface area contributed by atoms with Gasteiger partial charge >= 0.3 is 0 Å². The van der Waals surface area contributed by atoms with E-state index < -0.39 is 25.9 Å². The van der Waals surface area contributed by atoms with Gasteiger partial charge in [-0.3, -0.25) is 4.55 Å². The molecule has 190 valence electrons. The van der Waals surface area contributed by atoms with Gasteiger partial charge in [-0.2, -0.15) is 0 Å². The van der Waals surface area contributed by atoms with Crippen LogP contribution in [0.15, 0.2) is 83.3 Å². The van der Waals surface area contributed by atoms with Crippen molar-refractivity contribution in [2.75, 3.05) is 0 Å². The monoisotopic (exact) mass is 554 g/mol. The Morgan fingerprint density at radius 2 is 1.70 bits per heavy atom. The van der Waals surface area contributed by atoms with Gasteiger partial charge in [0.15, 0.2) is 14.6 Å². The highest BCUT2D eigenvalue weighted by atomic mass is 32.2. The lowest BCUT2D eigenvalue weighted by Crippen LogP contribution is -2.35. The molecule has 0 aliphatic carbocycles. The van der Waals surface area contributed by atoms with E-state index in [1.54, 1.807) is 24.3 Å². The summed E-state index contributed by atoms with van der Waals surface area (Å²) in [7, 11) is -3.99. The second-order valence-corrected chi connectivity index (χ2v) is 12.6. The molecule has 2 N–H and O–H groups in total. The van der Waals surface area contributed by atoms with E-state index in [9.17, 15) is 12.6 Å². The maximum atomic E-state index is 14.0. The van der Waals surface area contributed by atoms with E-state index in [1.165, 1.54) is 18.3 Å². The first-order chi connectivity index (χ1) is 17.8. The molecule has 2 aromatic heterocycles. The van der Waals surface area contributed by atoms with Gasteiger partial charge in [-0.25, -0.2) is 22.3 Å². The van der Waals surface area contributed by atoms with E-state index in [4.69, 9.17) is 14.0 Å². The maximum absolute atomic E-state index is 14.0. The van der Waals surface area contributed by atoms with Gasteiger partial charge in [0.1, 0.15) is 5.01 Å². The summed E-state index contributed by atoms with van der Waals surface area (Å²) in [5.74, 6) is -0.455. The highest BCUT2D eigenvalue weighted by Gasteiger charge is 2.50. The van der Waals surface area contributed by atoms with E-state index in [1.807, 2.05) is 54.6 Å². The number of aromatic nitrogens is 3. The van der Waals surface area contributed by atoms with Gasteiger partial charge in [0, 0.05) is 0 Å². The molecule has 3 aromatic carbocycles. The zero-order valence-corrected chi connectivity index (χ0v) is 22.0. The van der Waals surface area contributed by atoms with Crippen molar-refractivity contribution < 1.29 is 21.6 Å². The molecule has 0 aliphatic heterocycles. The largest absolute Gasteiger partial charge is 0.422 e. The third-order valence-electron chi connectivity index (χ3n) is 5.95. The van der Waals surface area contributed by atoms with Crippen LogP contribution >= 0.6 is 11.3 Å². The van der Waals surface area contributed by atoms with Crippen LogP contribution < -0.4 is 4.72 Å². The molecule has 0 bridgehead atoms. The SMILES string of the molecule is CC(c1nnc(CNS(=O)O)o1)(c1nc2ccc(-c3ccccc3)cc2s1)S(=O)(=O)Cc1ccccc1. The molecule has 0 saturated carbocycles. The van der Waals surface area contributed by atoms with Gasteiger partial charge in [0.05, 0.1) is 22.5 Å². The summed E-state index contributed by atoms with van der Waals surface area (Å²) < 4.78 is 55.0. The second-order valence-electron chi connectivity index (χ2n) is 8.42. The summed E-state index contributed by atoms with van der Waals surface area (Å²) in [5, 5.41) is 8.22. The highest BCUT2D eigenvalue weighted by Crippen LogP contribution is 2.42.